The fourth-order valence-corrected chi connectivity index (χ4v) is 4.58. The van der Waals surface area contributed by atoms with Crippen LogP contribution in [0.4, 0.5) is 0 Å². The summed E-state index contributed by atoms with van der Waals surface area (Å²) in [6, 6.07) is 2.92. The first-order valence-corrected chi connectivity index (χ1v) is 8.99. The third-order valence-corrected chi connectivity index (χ3v) is 6.65. The van der Waals surface area contributed by atoms with E-state index in [0.717, 1.165) is 25.0 Å². The van der Waals surface area contributed by atoms with E-state index in [0.29, 0.717) is 0 Å². The van der Waals surface area contributed by atoms with E-state index in [1.807, 2.05) is 11.3 Å². The van der Waals surface area contributed by atoms with E-state index in [1.165, 1.54) is 35.2 Å². The zero-order chi connectivity index (χ0) is 13.5. The smallest absolute Gasteiger partial charge is 0.0343 e. The van der Waals surface area contributed by atoms with Gasteiger partial charge in [0.25, 0.3) is 0 Å². The molecular weight excluding hydrogens is 320 g/mol. The van der Waals surface area contributed by atoms with Gasteiger partial charge in [-0.2, -0.15) is 0 Å². The van der Waals surface area contributed by atoms with E-state index in [4.69, 9.17) is 0 Å². The Morgan fingerprint density at radius 3 is 2.89 bits per heavy atom. The average molecular weight is 343 g/mol. The van der Waals surface area contributed by atoms with Crippen molar-refractivity contribution in [2.24, 2.45) is 5.92 Å². The van der Waals surface area contributed by atoms with Crippen LogP contribution >= 0.6 is 27.3 Å². The van der Waals surface area contributed by atoms with E-state index in [-0.39, 0.29) is 5.54 Å². The van der Waals surface area contributed by atoms with Gasteiger partial charge in [0.05, 0.1) is 0 Å². The molecule has 4 heteroatoms. The highest BCUT2D eigenvalue weighted by Crippen LogP contribution is 2.39. The zero-order valence-corrected chi connectivity index (χ0v) is 14.2. The lowest BCUT2D eigenvalue weighted by atomic mass is 9.92. The lowest BCUT2D eigenvalue weighted by molar-refractivity contribution is 0.0669. The van der Waals surface area contributed by atoms with Crippen LogP contribution in [0.1, 0.15) is 38.0 Å². The second kappa shape index (κ2) is 5.47. The SMILES string of the molecule is CCC1(C)CN(Cc2sccc2Br)C(C2CC2)CN1. The molecule has 0 amide bonds. The molecule has 0 spiro atoms. The summed E-state index contributed by atoms with van der Waals surface area (Å²) in [5.41, 5.74) is 0.287. The van der Waals surface area contributed by atoms with Gasteiger partial charge >= 0.3 is 0 Å². The maximum absolute atomic E-state index is 3.79. The highest BCUT2D eigenvalue weighted by molar-refractivity contribution is 9.10. The third kappa shape index (κ3) is 3.07. The van der Waals surface area contributed by atoms with E-state index in [2.05, 4.69) is 51.4 Å². The van der Waals surface area contributed by atoms with Crippen molar-refractivity contribution in [3.05, 3.63) is 20.8 Å². The molecular formula is C15H23BrN2S. The molecule has 1 aliphatic heterocycles. The van der Waals surface area contributed by atoms with Crippen LogP contribution < -0.4 is 5.32 Å². The first-order chi connectivity index (χ1) is 9.11. The second-order valence-electron chi connectivity index (χ2n) is 6.30. The largest absolute Gasteiger partial charge is 0.309 e. The molecule has 2 atom stereocenters. The Morgan fingerprint density at radius 1 is 1.53 bits per heavy atom. The normalized spacial score (nSPS) is 32.7. The molecule has 2 unspecified atom stereocenters. The summed E-state index contributed by atoms with van der Waals surface area (Å²) >= 11 is 5.56. The van der Waals surface area contributed by atoms with Gasteiger partial charge in [-0.3, -0.25) is 4.90 Å². The predicted octanol–water partition coefficient (Wildman–Crippen LogP) is 3.86. The van der Waals surface area contributed by atoms with Crippen molar-refractivity contribution in [2.75, 3.05) is 13.1 Å². The molecule has 1 saturated heterocycles. The number of nitrogens with zero attached hydrogens (tertiary/aromatic N) is 1. The van der Waals surface area contributed by atoms with E-state index in [1.54, 1.807) is 0 Å². The molecule has 0 radical (unpaired) electrons. The molecule has 0 bridgehead atoms. The first kappa shape index (κ1) is 14.1. The lowest BCUT2D eigenvalue weighted by Crippen LogP contribution is -2.62. The molecule has 1 N–H and O–H groups in total. The molecule has 106 valence electrons. The van der Waals surface area contributed by atoms with Crippen molar-refractivity contribution in [1.29, 1.82) is 0 Å². The van der Waals surface area contributed by atoms with Crippen LogP contribution in [0.15, 0.2) is 15.9 Å². The summed E-state index contributed by atoms with van der Waals surface area (Å²) in [7, 11) is 0. The molecule has 2 fully saturated rings. The van der Waals surface area contributed by atoms with Crippen molar-refractivity contribution in [3.8, 4) is 0 Å². The fraction of sp³-hybridized carbons (Fsp3) is 0.733. The Morgan fingerprint density at radius 2 is 2.32 bits per heavy atom. The second-order valence-corrected chi connectivity index (χ2v) is 8.15. The standard InChI is InChI=1S/C15H23BrN2S/c1-3-15(2)10-18(9-14-12(16)6-7-19-14)13(8-17-15)11-4-5-11/h6-7,11,13,17H,3-5,8-10H2,1-2H3. The Balaban J connectivity index is 1.75. The monoisotopic (exact) mass is 342 g/mol. The predicted molar refractivity (Wildman–Crippen MR) is 85.6 cm³/mol. The quantitative estimate of drug-likeness (QED) is 0.893. The van der Waals surface area contributed by atoms with Crippen molar-refractivity contribution in [3.63, 3.8) is 0 Å². The number of piperazine rings is 1. The molecule has 2 nitrogen and oxygen atoms in total. The van der Waals surface area contributed by atoms with Crippen molar-refractivity contribution >= 4 is 27.3 Å². The van der Waals surface area contributed by atoms with Crippen LogP contribution in [-0.4, -0.2) is 29.6 Å². The number of nitrogens with one attached hydrogen (secondary N) is 1. The van der Waals surface area contributed by atoms with Crippen LogP contribution in [0.3, 0.4) is 0 Å². The topological polar surface area (TPSA) is 15.3 Å². The van der Waals surface area contributed by atoms with Crippen LogP contribution in [-0.2, 0) is 6.54 Å². The minimum Gasteiger partial charge on any atom is -0.309 e. The van der Waals surface area contributed by atoms with Gasteiger partial charge in [0, 0.05) is 40.6 Å². The molecule has 0 aromatic carbocycles. The number of halogens is 1. The van der Waals surface area contributed by atoms with Crippen LogP contribution in [0.25, 0.3) is 0 Å². The Bertz CT molecular complexity index is 443. The lowest BCUT2D eigenvalue weighted by Gasteiger charge is -2.46. The highest BCUT2D eigenvalue weighted by Gasteiger charge is 2.41. The molecule has 2 heterocycles. The summed E-state index contributed by atoms with van der Waals surface area (Å²) in [5.74, 6) is 0.938. The van der Waals surface area contributed by atoms with E-state index < -0.39 is 0 Å². The molecule has 1 saturated carbocycles. The van der Waals surface area contributed by atoms with Gasteiger partial charge in [0.1, 0.15) is 0 Å². The van der Waals surface area contributed by atoms with Gasteiger partial charge in [-0.05, 0) is 59.5 Å². The highest BCUT2D eigenvalue weighted by atomic mass is 79.9. The minimum atomic E-state index is 0.287. The Kier molecular flexibility index (Phi) is 4.05. The molecule has 19 heavy (non-hydrogen) atoms. The maximum atomic E-state index is 3.79. The van der Waals surface area contributed by atoms with Crippen molar-refractivity contribution < 1.29 is 0 Å². The average Bonchev–Trinajstić information content (AvgIpc) is 3.15. The van der Waals surface area contributed by atoms with Crippen molar-refractivity contribution in [2.45, 2.75) is 51.2 Å². The Hall–Kier alpha value is 0.1000. The third-order valence-electron chi connectivity index (χ3n) is 4.74. The van der Waals surface area contributed by atoms with Crippen LogP contribution in [0.5, 0.6) is 0 Å². The van der Waals surface area contributed by atoms with Gasteiger partial charge in [-0.1, -0.05) is 6.92 Å². The maximum Gasteiger partial charge on any atom is 0.0343 e. The van der Waals surface area contributed by atoms with Crippen molar-refractivity contribution in [1.82, 2.24) is 10.2 Å². The number of rotatable bonds is 4. The minimum absolute atomic E-state index is 0.287. The van der Waals surface area contributed by atoms with Crippen LogP contribution in [0, 0.1) is 5.92 Å². The summed E-state index contributed by atoms with van der Waals surface area (Å²) < 4.78 is 1.28. The summed E-state index contributed by atoms with van der Waals surface area (Å²) in [4.78, 5) is 4.21. The van der Waals surface area contributed by atoms with Crippen LogP contribution in [0.2, 0.25) is 0 Å². The zero-order valence-electron chi connectivity index (χ0n) is 11.8. The number of hydrogen-bond acceptors (Lipinski definition) is 3. The molecule has 2 aliphatic rings. The number of hydrogen-bond donors (Lipinski definition) is 1. The van der Waals surface area contributed by atoms with Gasteiger partial charge in [0.2, 0.25) is 0 Å². The number of thiophene rings is 1. The van der Waals surface area contributed by atoms with Gasteiger partial charge in [-0.15, -0.1) is 11.3 Å². The van der Waals surface area contributed by atoms with E-state index >= 15 is 0 Å². The Labute approximate surface area is 128 Å². The summed E-state index contributed by atoms with van der Waals surface area (Å²) in [5, 5.41) is 5.98. The molecule has 1 aliphatic carbocycles. The molecule has 3 rings (SSSR count). The summed E-state index contributed by atoms with van der Waals surface area (Å²) in [6.45, 7) is 8.11. The van der Waals surface area contributed by atoms with Gasteiger partial charge in [0.15, 0.2) is 0 Å². The molecule has 1 aromatic heterocycles. The van der Waals surface area contributed by atoms with Gasteiger partial charge in [-0.25, -0.2) is 0 Å². The van der Waals surface area contributed by atoms with E-state index in [9.17, 15) is 0 Å². The fourth-order valence-electron chi connectivity index (χ4n) is 3.08. The van der Waals surface area contributed by atoms with Gasteiger partial charge < -0.3 is 5.32 Å². The molecule has 1 aromatic rings. The first-order valence-electron chi connectivity index (χ1n) is 7.32. The summed E-state index contributed by atoms with van der Waals surface area (Å²) in [6.07, 6.45) is 4.06.